The second-order valence-electron chi connectivity index (χ2n) is 8.70. The van der Waals surface area contributed by atoms with Gasteiger partial charge in [-0.2, -0.15) is 0 Å². The standard InChI is InChI=1S/C22H24N2O5/c1-21-15-8-23-7-13(19(26)28-2)12(15)6-16(21)22(20(27)29-3)10-24-18(21)17-11(9-25)4-5-14(17)22/h4,7-8,10,14,16-18,25H,5-6,9H2,1-3H3/t14-,16-,17+,18+,21+,22+/m0/s1. The molecule has 0 saturated heterocycles. The van der Waals surface area contributed by atoms with Crippen LogP contribution in [0.15, 0.2) is 29.0 Å². The Morgan fingerprint density at radius 3 is 2.76 bits per heavy atom. The SMILES string of the molecule is COC(=O)c1cncc2c1C[C@@H]1[C@@]3(C(=O)OC)C=N[C@H]([C@@H]4C(CO)=CC[C@@H]43)[C@]21C. The molecule has 7 heteroatoms. The van der Waals surface area contributed by atoms with E-state index in [9.17, 15) is 14.7 Å². The maximum Gasteiger partial charge on any atom is 0.339 e. The van der Waals surface area contributed by atoms with Crippen molar-refractivity contribution in [2.24, 2.45) is 28.2 Å². The van der Waals surface area contributed by atoms with Gasteiger partial charge < -0.3 is 14.6 Å². The van der Waals surface area contributed by atoms with Crippen molar-refractivity contribution in [3.8, 4) is 0 Å². The minimum absolute atomic E-state index is 0.00141. The fourth-order valence-corrected chi connectivity index (χ4v) is 6.79. The van der Waals surface area contributed by atoms with Crippen LogP contribution in [0.2, 0.25) is 0 Å². The molecule has 0 aromatic carbocycles. The lowest BCUT2D eigenvalue weighted by molar-refractivity contribution is -0.163. The smallest absolute Gasteiger partial charge is 0.339 e. The molecule has 3 aliphatic carbocycles. The van der Waals surface area contributed by atoms with Crippen LogP contribution in [0, 0.1) is 23.2 Å². The summed E-state index contributed by atoms with van der Waals surface area (Å²) in [5, 5.41) is 9.97. The molecule has 3 heterocycles. The zero-order valence-electron chi connectivity index (χ0n) is 16.7. The monoisotopic (exact) mass is 396 g/mol. The minimum Gasteiger partial charge on any atom is -0.468 e. The van der Waals surface area contributed by atoms with Crippen LogP contribution in [-0.2, 0) is 26.1 Å². The number of aliphatic hydroxyl groups excluding tert-OH is 1. The number of fused-ring (bicyclic) bond motifs is 1. The van der Waals surface area contributed by atoms with Crippen molar-refractivity contribution >= 4 is 18.2 Å². The molecule has 5 aliphatic rings. The molecule has 7 nitrogen and oxygen atoms in total. The maximum atomic E-state index is 13.3. The van der Waals surface area contributed by atoms with Crippen LogP contribution in [0.4, 0.5) is 0 Å². The van der Waals surface area contributed by atoms with Gasteiger partial charge in [0.1, 0.15) is 5.41 Å². The number of aliphatic imine (C=N–C) groups is 1. The molecule has 0 radical (unpaired) electrons. The fourth-order valence-electron chi connectivity index (χ4n) is 6.79. The van der Waals surface area contributed by atoms with Crippen LogP contribution >= 0.6 is 0 Å². The summed E-state index contributed by atoms with van der Waals surface area (Å²) in [7, 11) is 2.77. The fraction of sp³-hybridized carbons (Fsp3) is 0.545. The molecule has 0 amide bonds. The Morgan fingerprint density at radius 2 is 2.07 bits per heavy atom. The Kier molecular flexibility index (Phi) is 3.81. The molecule has 1 N–H and O–H groups in total. The van der Waals surface area contributed by atoms with E-state index in [0.29, 0.717) is 18.4 Å². The molecule has 0 spiro atoms. The number of ether oxygens (including phenoxy) is 2. The number of pyridine rings is 1. The lowest BCUT2D eigenvalue weighted by atomic mass is 9.45. The second kappa shape index (κ2) is 5.98. The Morgan fingerprint density at radius 1 is 1.28 bits per heavy atom. The molecular formula is C22H24N2O5. The number of nitrogens with zero attached hydrogens (tertiary/aromatic N) is 2. The predicted molar refractivity (Wildman–Crippen MR) is 104 cm³/mol. The number of hydrogen-bond donors (Lipinski definition) is 1. The Balaban J connectivity index is 1.76. The third-order valence-corrected chi connectivity index (χ3v) is 7.99. The maximum absolute atomic E-state index is 13.3. The van der Waals surface area contributed by atoms with Crippen LogP contribution in [0.1, 0.15) is 34.8 Å². The van der Waals surface area contributed by atoms with Crippen LogP contribution < -0.4 is 0 Å². The van der Waals surface area contributed by atoms with Gasteiger partial charge in [0.15, 0.2) is 0 Å². The molecule has 1 fully saturated rings. The average molecular weight is 396 g/mol. The van der Waals surface area contributed by atoms with E-state index >= 15 is 0 Å². The van der Waals surface area contributed by atoms with E-state index in [1.807, 2.05) is 6.21 Å². The quantitative estimate of drug-likeness (QED) is 0.614. The summed E-state index contributed by atoms with van der Waals surface area (Å²) in [6.07, 6.45) is 8.48. The van der Waals surface area contributed by atoms with Crippen molar-refractivity contribution in [1.29, 1.82) is 0 Å². The Labute approximate surface area is 168 Å². The number of aromatic nitrogens is 1. The summed E-state index contributed by atoms with van der Waals surface area (Å²) in [5.74, 6) is -0.841. The zero-order valence-corrected chi connectivity index (χ0v) is 16.7. The molecule has 29 heavy (non-hydrogen) atoms. The van der Waals surface area contributed by atoms with E-state index in [4.69, 9.17) is 14.5 Å². The molecule has 152 valence electrons. The van der Waals surface area contributed by atoms with Gasteiger partial charge in [0.2, 0.25) is 0 Å². The molecular weight excluding hydrogens is 372 g/mol. The topological polar surface area (TPSA) is 98.1 Å². The first-order chi connectivity index (χ1) is 13.9. The molecule has 1 saturated carbocycles. The highest BCUT2D eigenvalue weighted by Crippen LogP contribution is 2.68. The van der Waals surface area contributed by atoms with Gasteiger partial charge in [0.25, 0.3) is 0 Å². The number of rotatable bonds is 3. The van der Waals surface area contributed by atoms with E-state index in [0.717, 1.165) is 16.7 Å². The second-order valence-corrected chi connectivity index (χ2v) is 8.70. The lowest BCUT2D eigenvalue weighted by Crippen LogP contribution is -2.67. The van der Waals surface area contributed by atoms with Gasteiger partial charge in [-0.25, -0.2) is 4.79 Å². The molecule has 6 rings (SSSR count). The van der Waals surface area contributed by atoms with Gasteiger partial charge in [-0.15, -0.1) is 0 Å². The van der Waals surface area contributed by atoms with Gasteiger partial charge in [-0.05, 0) is 41.4 Å². The molecule has 6 atom stereocenters. The number of allylic oxidation sites excluding steroid dienone is 1. The Bertz CT molecular complexity index is 985. The molecule has 1 aromatic heterocycles. The number of methoxy groups -OCH3 is 2. The van der Waals surface area contributed by atoms with Gasteiger partial charge in [-0.1, -0.05) is 13.0 Å². The first kappa shape index (κ1) is 18.5. The van der Waals surface area contributed by atoms with E-state index in [1.165, 1.54) is 14.2 Å². The van der Waals surface area contributed by atoms with Crippen LogP contribution in [0.5, 0.6) is 0 Å². The summed E-state index contributed by atoms with van der Waals surface area (Å²) in [6, 6.07) is -0.124. The van der Waals surface area contributed by atoms with Crippen molar-refractivity contribution in [3.05, 3.63) is 40.7 Å². The van der Waals surface area contributed by atoms with Crippen molar-refractivity contribution in [1.82, 2.24) is 4.98 Å². The number of hydrogen-bond acceptors (Lipinski definition) is 7. The first-order valence-electron chi connectivity index (χ1n) is 9.93. The highest BCUT2D eigenvalue weighted by Gasteiger charge is 2.72. The first-order valence-corrected chi connectivity index (χ1v) is 9.93. The summed E-state index contributed by atoms with van der Waals surface area (Å²) in [6.45, 7) is 2.08. The number of aliphatic hydroxyl groups is 1. The van der Waals surface area contributed by atoms with E-state index in [1.54, 1.807) is 12.4 Å². The van der Waals surface area contributed by atoms with Crippen LogP contribution in [0.3, 0.4) is 0 Å². The summed E-state index contributed by atoms with van der Waals surface area (Å²) < 4.78 is 10.3. The van der Waals surface area contributed by atoms with Crippen molar-refractivity contribution < 1.29 is 24.2 Å². The van der Waals surface area contributed by atoms with E-state index in [-0.39, 0.29) is 36.4 Å². The third kappa shape index (κ3) is 1.96. The molecule has 1 aromatic rings. The highest BCUT2D eigenvalue weighted by atomic mass is 16.5. The van der Waals surface area contributed by atoms with Crippen LogP contribution in [-0.4, -0.2) is 55.1 Å². The van der Waals surface area contributed by atoms with Crippen molar-refractivity contribution in [2.75, 3.05) is 20.8 Å². The van der Waals surface area contributed by atoms with Crippen molar-refractivity contribution in [2.45, 2.75) is 31.2 Å². The zero-order chi connectivity index (χ0) is 20.6. The van der Waals surface area contributed by atoms with Gasteiger partial charge in [-0.3, -0.25) is 14.8 Å². The lowest BCUT2D eigenvalue weighted by Gasteiger charge is -2.60. The largest absolute Gasteiger partial charge is 0.468 e. The van der Waals surface area contributed by atoms with Crippen molar-refractivity contribution in [3.63, 3.8) is 0 Å². The number of carbonyl (C=O) groups is 2. The molecule has 0 unspecified atom stereocenters. The Hall–Kier alpha value is -2.54. The van der Waals surface area contributed by atoms with Gasteiger partial charge in [0.05, 0.1) is 32.4 Å². The predicted octanol–water partition coefficient (Wildman–Crippen LogP) is 1.48. The number of esters is 2. The highest BCUT2D eigenvalue weighted by molar-refractivity contribution is 5.99. The molecule has 2 aliphatic heterocycles. The van der Waals surface area contributed by atoms with E-state index < -0.39 is 16.8 Å². The minimum atomic E-state index is -0.900. The summed E-state index contributed by atoms with van der Waals surface area (Å²) >= 11 is 0. The number of carbonyl (C=O) groups excluding carboxylic acids is 2. The average Bonchev–Trinajstić information content (AvgIpc) is 3.33. The summed E-state index contributed by atoms with van der Waals surface area (Å²) in [5.41, 5.74) is 1.83. The van der Waals surface area contributed by atoms with Gasteiger partial charge >= 0.3 is 11.9 Å². The van der Waals surface area contributed by atoms with E-state index in [2.05, 4.69) is 18.0 Å². The van der Waals surface area contributed by atoms with Gasteiger partial charge in [0, 0.05) is 29.9 Å². The summed E-state index contributed by atoms with van der Waals surface area (Å²) in [4.78, 5) is 34.9. The molecule has 2 bridgehead atoms. The van der Waals surface area contributed by atoms with Crippen LogP contribution in [0.25, 0.3) is 0 Å². The third-order valence-electron chi connectivity index (χ3n) is 7.99. The normalized spacial score (nSPS) is 38.1.